The molecule has 0 aromatic heterocycles. The largest absolute Gasteiger partial charge is 0.469 e. The van der Waals surface area contributed by atoms with E-state index >= 15 is 0 Å². The third-order valence-electron chi connectivity index (χ3n) is 4.25. The number of carbonyl (C=O) groups is 2. The van der Waals surface area contributed by atoms with E-state index in [4.69, 9.17) is 0 Å². The zero-order chi connectivity index (χ0) is 16.2. The minimum atomic E-state index is -0.101. The summed E-state index contributed by atoms with van der Waals surface area (Å²) >= 11 is 0. The van der Waals surface area contributed by atoms with Gasteiger partial charge in [-0.25, -0.2) is 0 Å². The molecule has 1 aliphatic rings. The highest BCUT2D eigenvalue weighted by Crippen LogP contribution is 2.26. The van der Waals surface area contributed by atoms with Gasteiger partial charge in [-0.15, -0.1) is 0 Å². The summed E-state index contributed by atoms with van der Waals surface area (Å²) in [7, 11) is 1.44. The van der Waals surface area contributed by atoms with Gasteiger partial charge in [0.15, 0.2) is 5.78 Å². The predicted octanol–water partition coefficient (Wildman–Crippen LogP) is 4.91. The monoisotopic (exact) mass is 306 g/mol. The summed E-state index contributed by atoms with van der Waals surface area (Å²) in [6.45, 7) is 2.06. The normalized spacial score (nSPS) is 15.1. The lowest BCUT2D eigenvalue weighted by atomic mass is 10.1. The van der Waals surface area contributed by atoms with Gasteiger partial charge in [0.2, 0.25) is 0 Å². The van der Waals surface area contributed by atoms with Crippen LogP contribution in [0, 0.1) is 0 Å². The van der Waals surface area contributed by atoms with E-state index in [1.54, 1.807) is 0 Å². The summed E-state index contributed by atoms with van der Waals surface area (Å²) in [4.78, 5) is 22.6. The van der Waals surface area contributed by atoms with Crippen LogP contribution in [0.4, 0.5) is 0 Å². The van der Waals surface area contributed by atoms with Crippen LogP contribution in [-0.4, -0.2) is 18.9 Å². The summed E-state index contributed by atoms with van der Waals surface area (Å²) in [5, 5.41) is 0. The van der Waals surface area contributed by atoms with Crippen molar-refractivity contribution in [2.75, 3.05) is 7.11 Å². The van der Waals surface area contributed by atoms with Crippen LogP contribution in [-0.2, 0) is 14.3 Å². The zero-order valence-corrected chi connectivity index (χ0v) is 14.2. The van der Waals surface area contributed by atoms with Crippen LogP contribution in [0.3, 0.4) is 0 Å². The maximum absolute atomic E-state index is 11.6. The van der Waals surface area contributed by atoms with Gasteiger partial charge in [0.25, 0.3) is 0 Å². The molecule has 0 radical (unpaired) electrons. The Bertz CT molecular complexity index is 418. The fourth-order valence-corrected chi connectivity index (χ4v) is 2.90. The first-order valence-electron chi connectivity index (χ1n) is 8.67. The van der Waals surface area contributed by atoms with E-state index in [2.05, 4.69) is 23.8 Å². The molecule has 0 aromatic carbocycles. The van der Waals surface area contributed by atoms with Crippen molar-refractivity contribution >= 4 is 11.8 Å². The first-order valence-corrected chi connectivity index (χ1v) is 8.67. The number of Topliss-reactive ketones (excluding diaryl/α,β-unsaturated/α-hetero) is 1. The number of esters is 1. The molecular formula is C19H30O3. The molecule has 0 amide bonds. The van der Waals surface area contributed by atoms with Gasteiger partial charge in [-0.1, -0.05) is 44.8 Å². The lowest BCUT2D eigenvalue weighted by Crippen LogP contribution is -1.99. The van der Waals surface area contributed by atoms with E-state index < -0.39 is 0 Å². The second kappa shape index (κ2) is 11.2. The lowest BCUT2D eigenvalue weighted by molar-refractivity contribution is -0.140. The minimum absolute atomic E-state index is 0.101. The molecule has 0 heterocycles. The highest BCUT2D eigenvalue weighted by molar-refractivity contribution is 5.99. The quantitative estimate of drug-likeness (QED) is 0.402. The van der Waals surface area contributed by atoms with E-state index in [0.717, 1.165) is 37.7 Å². The van der Waals surface area contributed by atoms with Crippen LogP contribution in [0.25, 0.3) is 0 Å². The third kappa shape index (κ3) is 7.06. The fraction of sp³-hybridized carbons (Fsp3) is 0.684. The molecular weight excluding hydrogens is 276 g/mol. The Hall–Kier alpha value is -1.38. The molecule has 0 N–H and O–H groups in total. The van der Waals surface area contributed by atoms with E-state index in [9.17, 15) is 9.59 Å². The van der Waals surface area contributed by atoms with Gasteiger partial charge < -0.3 is 4.74 Å². The van der Waals surface area contributed by atoms with Crippen molar-refractivity contribution in [1.82, 2.24) is 0 Å². The highest BCUT2D eigenvalue weighted by Gasteiger charge is 2.18. The molecule has 0 unspecified atom stereocenters. The van der Waals surface area contributed by atoms with Gasteiger partial charge in [-0.3, -0.25) is 9.59 Å². The van der Waals surface area contributed by atoms with Crippen molar-refractivity contribution in [3.63, 3.8) is 0 Å². The highest BCUT2D eigenvalue weighted by atomic mass is 16.5. The van der Waals surface area contributed by atoms with Gasteiger partial charge in [-0.2, -0.15) is 0 Å². The van der Waals surface area contributed by atoms with Crippen molar-refractivity contribution in [3.05, 3.63) is 23.3 Å². The molecule has 0 atom stereocenters. The van der Waals surface area contributed by atoms with Gasteiger partial charge in [0, 0.05) is 12.8 Å². The van der Waals surface area contributed by atoms with E-state index in [-0.39, 0.29) is 5.97 Å². The lowest BCUT2D eigenvalue weighted by Gasteiger charge is -2.01. The van der Waals surface area contributed by atoms with Crippen LogP contribution in [0.2, 0.25) is 0 Å². The third-order valence-corrected chi connectivity index (χ3v) is 4.25. The van der Waals surface area contributed by atoms with Crippen molar-refractivity contribution in [1.29, 1.82) is 0 Å². The molecule has 1 aliphatic carbocycles. The topological polar surface area (TPSA) is 43.4 Å². The molecule has 0 saturated heterocycles. The first-order chi connectivity index (χ1) is 10.7. The number of unbranched alkanes of at least 4 members (excludes halogenated alkanes) is 6. The number of hydrogen-bond donors (Lipinski definition) is 0. The Labute approximate surface area is 134 Å². The van der Waals surface area contributed by atoms with Crippen LogP contribution in [0.5, 0.6) is 0 Å². The summed E-state index contributed by atoms with van der Waals surface area (Å²) in [6, 6.07) is 0. The number of rotatable bonds is 11. The van der Waals surface area contributed by atoms with Gasteiger partial charge in [0.1, 0.15) is 0 Å². The Morgan fingerprint density at radius 1 is 1.09 bits per heavy atom. The summed E-state index contributed by atoms with van der Waals surface area (Å²) < 4.78 is 4.62. The molecule has 3 heteroatoms. The Balaban J connectivity index is 2.02. The Morgan fingerprint density at radius 3 is 2.45 bits per heavy atom. The molecule has 1 rings (SSSR count). The van der Waals surface area contributed by atoms with Crippen molar-refractivity contribution in [2.24, 2.45) is 0 Å². The van der Waals surface area contributed by atoms with Crippen LogP contribution in [0.15, 0.2) is 23.3 Å². The second-order valence-corrected chi connectivity index (χ2v) is 5.92. The minimum Gasteiger partial charge on any atom is -0.469 e. The van der Waals surface area contributed by atoms with Crippen molar-refractivity contribution in [3.8, 4) is 0 Å². The second-order valence-electron chi connectivity index (χ2n) is 5.92. The van der Waals surface area contributed by atoms with Crippen LogP contribution in [0.1, 0.15) is 77.6 Å². The first kappa shape index (κ1) is 18.7. The maximum Gasteiger partial charge on any atom is 0.305 e. The molecule has 0 fully saturated rings. The van der Waals surface area contributed by atoms with Crippen LogP contribution < -0.4 is 0 Å². The SMILES string of the molecule is CCC1=C(/C=C/CCCCCCCCC(=O)OC)CCC1=O. The zero-order valence-electron chi connectivity index (χ0n) is 14.2. The molecule has 0 saturated carbocycles. The molecule has 3 nitrogen and oxygen atoms in total. The predicted molar refractivity (Wildman–Crippen MR) is 89.7 cm³/mol. The average molecular weight is 306 g/mol. The van der Waals surface area contributed by atoms with E-state index in [0.29, 0.717) is 18.6 Å². The number of ether oxygens (including phenoxy) is 1. The Morgan fingerprint density at radius 2 is 1.77 bits per heavy atom. The Kier molecular flexibility index (Phi) is 9.52. The van der Waals surface area contributed by atoms with E-state index in [1.165, 1.54) is 38.4 Å². The average Bonchev–Trinajstić information content (AvgIpc) is 2.88. The molecule has 0 aromatic rings. The molecule has 22 heavy (non-hydrogen) atoms. The summed E-state index contributed by atoms with van der Waals surface area (Å²) in [5.74, 6) is 0.241. The summed E-state index contributed by atoms with van der Waals surface area (Å²) in [6.07, 6.45) is 15.4. The molecule has 124 valence electrons. The number of ketones is 1. The number of carbonyl (C=O) groups excluding carboxylic acids is 2. The maximum atomic E-state index is 11.6. The van der Waals surface area contributed by atoms with Crippen LogP contribution >= 0.6 is 0 Å². The number of hydrogen-bond acceptors (Lipinski definition) is 3. The fourth-order valence-electron chi connectivity index (χ4n) is 2.90. The van der Waals surface area contributed by atoms with Gasteiger partial charge >= 0.3 is 5.97 Å². The van der Waals surface area contributed by atoms with Crippen molar-refractivity contribution < 1.29 is 14.3 Å². The number of allylic oxidation sites excluding steroid dienone is 4. The number of methoxy groups -OCH3 is 1. The molecule has 0 bridgehead atoms. The van der Waals surface area contributed by atoms with Gasteiger partial charge in [0.05, 0.1) is 7.11 Å². The molecule has 0 spiro atoms. The summed E-state index contributed by atoms with van der Waals surface area (Å²) in [5.41, 5.74) is 2.30. The van der Waals surface area contributed by atoms with Gasteiger partial charge in [-0.05, 0) is 43.3 Å². The standard InChI is InChI=1S/C19H30O3/c1-3-17-16(14-15-18(17)20)12-10-8-6-4-5-7-9-11-13-19(21)22-2/h10,12H,3-9,11,13-15H2,1-2H3/b12-10+. The molecule has 0 aliphatic heterocycles. The smallest absolute Gasteiger partial charge is 0.305 e. The van der Waals surface area contributed by atoms with Crippen molar-refractivity contribution in [2.45, 2.75) is 77.6 Å². The van der Waals surface area contributed by atoms with E-state index in [1.807, 2.05) is 0 Å².